The number of carboxylic acids is 1. The van der Waals surface area contributed by atoms with Crippen molar-refractivity contribution in [2.75, 3.05) is 20.6 Å². The number of urea groups is 1. The summed E-state index contributed by atoms with van der Waals surface area (Å²) in [6.07, 6.45) is -4.45. The largest absolute Gasteiger partial charge is 0.478 e. The minimum atomic E-state index is -4.45. The van der Waals surface area contributed by atoms with Crippen molar-refractivity contribution in [3.63, 3.8) is 0 Å². The number of halogens is 3. The molecule has 1 aromatic rings. The van der Waals surface area contributed by atoms with Crippen LogP contribution in [0.2, 0.25) is 0 Å². The van der Waals surface area contributed by atoms with Crippen LogP contribution in [-0.2, 0) is 6.54 Å². The molecule has 1 aromatic carbocycles. The van der Waals surface area contributed by atoms with Gasteiger partial charge in [0.05, 0.1) is 5.56 Å². The van der Waals surface area contributed by atoms with Crippen molar-refractivity contribution in [1.82, 2.24) is 9.80 Å². The van der Waals surface area contributed by atoms with Gasteiger partial charge in [-0.25, -0.2) is 9.59 Å². The summed E-state index contributed by atoms with van der Waals surface area (Å²) in [5.41, 5.74) is 0.721. The molecule has 0 bridgehead atoms. The number of carbonyl (C=O) groups excluding carboxylic acids is 1. The lowest BCUT2D eigenvalue weighted by Gasteiger charge is -2.25. The van der Waals surface area contributed by atoms with Gasteiger partial charge < -0.3 is 14.9 Å². The van der Waals surface area contributed by atoms with Gasteiger partial charge in [-0.1, -0.05) is 12.1 Å². The minimum Gasteiger partial charge on any atom is -0.478 e. The topological polar surface area (TPSA) is 60.9 Å². The molecular formula is C13H15F3N2O3. The number of carbonyl (C=O) groups is 2. The highest BCUT2D eigenvalue weighted by Gasteiger charge is 2.32. The fourth-order valence-electron chi connectivity index (χ4n) is 1.72. The Kier molecular flexibility index (Phi) is 5.17. The van der Waals surface area contributed by atoms with Crippen LogP contribution in [0.15, 0.2) is 24.3 Å². The van der Waals surface area contributed by atoms with Gasteiger partial charge in [0, 0.05) is 20.6 Å². The summed E-state index contributed by atoms with van der Waals surface area (Å²) in [6, 6.07) is 4.99. The molecular weight excluding hydrogens is 289 g/mol. The lowest BCUT2D eigenvalue weighted by molar-refractivity contribution is -0.138. The molecule has 0 aliphatic carbocycles. The first-order valence-corrected chi connectivity index (χ1v) is 5.95. The number of hydrogen-bond donors (Lipinski definition) is 1. The van der Waals surface area contributed by atoms with Gasteiger partial charge in [-0.3, -0.25) is 0 Å². The predicted molar refractivity (Wildman–Crippen MR) is 68.9 cm³/mol. The van der Waals surface area contributed by atoms with Crippen LogP contribution in [0.4, 0.5) is 18.0 Å². The molecule has 1 N–H and O–H groups in total. The van der Waals surface area contributed by atoms with Crippen LogP contribution in [0.25, 0.3) is 0 Å². The third-order valence-electron chi connectivity index (χ3n) is 2.69. The van der Waals surface area contributed by atoms with Crippen molar-refractivity contribution in [2.24, 2.45) is 0 Å². The van der Waals surface area contributed by atoms with E-state index >= 15 is 0 Å². The summed E-state index contributed by atoms with van der Waals surface area (Å²) in [5.74, 6) is -1.07. The van der Waals surface area contributed by atoms with Gasteiger partial charge >= 0.3 is 18.2 Å². The van der Waals surface area contributed by atoms with Crippen molar-refractivity contribution >= 4 is 12.0 Å². The quantitative estimate of drug-likeness (QED) is 0.929. The van der Waals surface area contributed by atoms with Crippen LogP contribution in [0.3, 0.4) is 0 Å². The summed E-state index contributed by atoms with van der Waals surface area (Å²) in [7, 11) is 2.44. The van der Waals surface area contributed by atoms with E-state index in [4.69, 9.17) is 5.11 Å². The van der Waals surface area contributed by atoms with Crippen LogP contribution in [0.1, 0.15) is 15.9 Å². The third-order valence-corrected chi connectivity index (χ3v) is 2.69. The van der Waals surface area contributed by atoms with Crippen LogP contribution < -0.4 is 0 Å². The van der Waals surface area contributed by atoms with E-state index in [0.717, 1.165) is 11.9 Å². The molecule has 0 atom stereocenters. The number of benzene rings is 1. The Balaban J connectivity index is 2.65. The fraction of sp³-hybridized carbons (Fsp3) is 0.385. The molecule has 5 nitrogen and oxygen atoms in total. The first-order chi connectivity index (χ1) is 9.60. The van der Waals surface area contributed by atoms with Gasteiger partial charge in [-0.15, -0.1) is 0 Å². The first kappa shape index (κ1) is 16.8. The molecule has 0 saturated heterocycles. The average Bonchev–Trinajstić information content (AvgIpc) is 2.36. The molecule has 116 valence electrons. The van der Waals surface area contributed by atoms with Crippen molar-refractivity contribution in [3.8, 4) is 0 Å². The molecule has 0 fully saturated rings. The van der Waals surface area contributed by atoms with Crippen molar-refractivity contribution in [3.05, 3.63) is 35.4 Å². The second-order valence-electron chi connectivity index (χ2n) is 4.61. The number of amides is 2. The molecule has 0 aliphatic rings. The van der Waals surface area contributed by atoms with E-state index in [-0.39, 0.29) is 12.1 Å². The SMILES string of the molecule is CN(Cc1ccc(C(=O)O)cc1)C(=O)N(C)CC(F)(F)F. The normalized spacial score (nSPS) is 11.1. The molecule has 0 radical (unpaired) electrons. The molecule has 2 amide bonds. The molecule has 0 spiro atoms. The van der Waals surface area contributed by atoms with Crippen LogP contribution in [0, 0.1) is 0 Å². The van der Waals surface area contributed by atoms with Crippen LogP contribution in [-0.4, -0.2) is 53.7 Å². The van der Waals surface area contributed by atoms with E-state index in [0.29, 0.717) is 10.5 Å². The zero-order chi connectivity index (χ0) is 16.2. The number of hydrogen-bond acceptors (Lipinski definition) is 2. The molecule has 0 heterocycles. The summed E-state index contributed by atoms with van der Waals surface area (Å²) >= 11 is 0. The van der Waals surface area contributed by atoms with Gasteiger partial charge in [0.15, 0.2) is 0 Å². The van der Waals surface area contributed by atoms with Gasteiger partial charge in [0.1, 0.15) is 6.54 Å². The second kappa shape index (κ2) is 6.47. The number of aromatic carboxylic acids is 1. The molecule has 0 unspecified atom stereocenters. The molecule has 1 rings (SSSR count). The highest BCUT2D eigenvalue weighted by atomic mass is 19.4. The number of alkyl halides is 3. The zero-order valence-corrected chi connectivity index (χ0v) is 11.5. The zero-order valence-electron chi connectivity index (χ0n) is 11.5. The number of rotatable bonds is 4. The van der Waals surface area contributed by atoms with Gasteiger partial charge in [0.25, 0.3) is 0 Å². The molecule has 0 aromatic heterocycles. The van der Waals surface area contributed by atoms with Gasteiger partial charge in [-0.05, 0) is 17.7 Å². The maximum atomic E-state index is 12.2. The molecule has 21 heavy (non-hydrogen) atoms. The highest BCUT2D eigenvalue weighted by molar-refractivity contribution is 5.87. The standard InChI is InChI=1S/C13H15F3N2O3/c1-17(12(21)18(2)8-13(14,15)16)7-9-3-5-10(6-4-9)11(19)20/h3-6H,7-8H2,1-2H3,(H,19,20). The monoisotopic (exact) mass is 304 g/mol. The van der Waals surface area contributed by atoms with Gasteiger partial charge in [0.2, 0.25) is 0 Å². The maximum Gasteiger partial charge on any atom is 0.406 e. The number of carboxylic acid groups (broad SMARTS) is 1. The Bertz CT molecular complexity index is 514. The Morgan fingerprint density at radius 2 is 1.62 bits per heavy atom. The molecule has 8 heteroatoms. The summed E-state index contributed by atoms with van der Waals surface area (Å²) in [6.45, 7) is -1.24. The Morgan fingerprint density at radius 1 is 1.10 bits per heavy atom. The van der Waals surface area contributed by atoms with Crippen molar-refractivity contribution < 1.29 is 27.9 Å². The predicted octanol–water partition coefficient (Wildman–Crippen LogP) is 2.43. The van der Waals surface area contributed by atoms with E-state index in [1.165, 1.54) is 31.3 Å². The maximum absolute atomic E-state index is 12.2. The fourth-order valence-corrected chi connectivity index (χ4v) is 1.72. The summed E-state index contributed by atoms with van der Waals surface area (Å²) in [5, 5.41) is 8.75. The van der Waals surface area contributed by atoms with Crippen LogP contribution >= 0.6 is 0 Å². The minimum absolute atomic E-state index is 0.0843. The Morgan fingerprint density at radius 3 is 2.05 bits per heavy atom. The van der Waals surface area contributed by atoms with E-state index in [2.05, 4.69) is 0 Å². The van der Waals surface area contributed by atoms with E-state index in [1.54, 1.807) is 0 Å². The van der Waals surface area contributed by atoms with E-state index < -0.39 is 24.7 Å². The Hall–Kier alpha value is -2.25. The third kappa shape index (κ3) is 5.33. The van der Waals surface area contributed by atoms with Crippen molar-refractivity contribution in [1.29, 1.82) is 0 Å². The van der Waals surface area contributed by atoms with E-state index in [9.17, 15) is 22.8 Å². The first-order valence-electron chi connectivity index (χ1n) is 5.95. The average molecular weight is 304 g/mol. The molecule has 0 saturated carbocycles. The summed E-state index contributed by atoms with van der Waals surface area (Å²) in [4.78, 5) is 24.1. The molecule has 0 aliphatic heterocycles. The lowest BCUT2D eigenvalue weighted by Crippen LogP contribution is -2.42. The van der Waals surface area contributed by atoms with Crippen molar-refractivity contribution in [2.45, 2.75) is 12.7 Å². The summed E-state index contributed by atoms with van der Waals surface area (Å²) < 4.78 is 36.6. The second-order valence-corrected chi connectivity index (χ2v) is 4.61. The van der Waals surface area contributed by atoms with Gasteiger partial charge in [-0.2, -0.15) is 13.2 Å². The van der Waals surface area contributed by atoms with E-state index in [1.807, 2.05) is 0 Å². The number of nitrogens with zero attached hydrogens (tertiary/aromatic N) is 2. The van der Waals surface area contributed by atoms with Crippen LogP contribution in [0.5, 0.6) is 0 Å². The lowest BCUT2D eigenvalue weighted by atomic mass is 10.1. The Labute approximate surface area is 119 Å². The highest BCUT2D eigenvalue weighted by Crippen LogP contribution is 2.16. The smallest absolute Gasteiger partial charge is 0.406 e.